The highest BCUT2D eigenvalue weighted by Gasteiger charge is 2.32. The lowest BCUT2D eigenvalue weighted by molar-refractivity contribution is 0.0748. The number of ether oxygens (including phenoxy) is 1. The molecule has 0 spiro atoms. The molecule has 0 aliphatic carbocycles. The number of aromatic nitrogens is 3. The first kappa shape index (κ1) is 16.2. The highest BCUT2D eigenvalue weighted by molar-refractivity contribution is 5.77. The van der Waals surface area contributed by atoms with Gasteiger partial charge in [-0.3, -0.25) is 9.69 Å². The molecule has 23 heavy (non-hydrogen) atoms. The van der Waals surface area contributed by atoms with Crippen molar-refractivity contribution in [1.29, 1.82) is 0 Å². The Balaban J connectivity index is 1.68. The summed E-state index contributed by atoms with van der Waals surface area (Å²) in [6.07, 6.45) is 8.74. The van der Waals surface area contributed by atoms with Crippen LogP contribution < -0.4 is 5.56 Å². The van der Waals surface area contributed by atoms with Crippen molar-refractivity contribution in [3.05, 3.63) is 28.4 Å². The van der Waals surface area contributed by atoms with Gasteiger partial charge in [-0.1, -0.05) is 26.2 Å². The minimum Gasteiger partial charge on any atom is -0.380 e. The summed E-state index contributed by atoms with van der Waals surface area (Å²) in [7, 11) is 1.81. The molecule has 1 aliphatic rings. The van der Waals surface area contributed by atoms with Gasteiger partial charge in [-0.05, 0) is 12.3 Å². The summed E-state index contributed by atoms with van der Waals surface area (Å²) < 4.78 is 5.69. The van der Waals surface area contributed by atoms with Crippen molar-refractivity contribution in [2.75, 3.05) is 20.2 Å². The van der Waals surface area contributed by atoms with E-state index in [1.54, 1.807) is 0 Å². The molecule has 2 unspecified atom stereocenters. The van der Waals surface area contributed by atoms with Gasteiger partial charge in [0.1, 0.15) is 5.52 Å². The molecule has 0 radical (unpaired) electrons. The fourth-order valence-corrected chi connectivity index (χ4v) is 3.62. The fourth-order valence-electron chi connectivity index (χ4n) is 3.62. The maximum absolute atomic E-state index is 11.8. The molecular weight excluding hydrogens is 292 g/mol. The van der Waals surface area contributed by atoms with Gasteiger partial charge >= 0.3 is 0 Å². The Hall–Kier alpha value is -1.66. The molecule has 126 valence electrons. The molecular formula is C17H26N4O2. The highest BCUT2D eigenvalue weighted by Crippen LogP contribution is 2.27. The second-order valence-electron chi connectivity index (χ2n) is 6.49. The van der Waals surface area contributed by atoms with Gasteiger partial charge in [-0.25, -0.2) is 4.98 Å². The lowest BCUT2D eigenvalue weighted by Gasteiger charge is -2.16. The van der Waals surface area contributed by atoms with Gasteiger partial charge in [0.05, 0.1) is 17.9 Å². The summed E-state index contributed by atoms with van der Waals surface area (Å²) in [5.74, 6) is 0.605. The Labute approximate surface area is 136 Å². The molecule has 0 aromatic carbocycles. The van der Waals surface area contributed by atoms with Gasteiger partial charge in [-0.15, -0.1) is 0 Å². The van der Waals surface area contributed by atoms with Crippen LogP contribution in [0.5, 0.6) is 0 Å². The van der Waals surface area contributed by atoms with Gasteiger partial charge < -0.3 is 14.7 Å². The number of methoxy groups -OCH3 is 1. The first-order valence-electron chi connectivity index (χ1n) is 8.51. The topological polar surface area (TPSA) is 74.0 Å². The minimum atomic E-state index is -0.116. The lowest BCUT2D eigenvalue weighted by atomic mass is 9.98. The molecule has 2 atom stereocenters. The van der Waals surface area contributed by atoms with Crippen LogP contribution in [0.4, 0.5) is 0 Å². The maximum atomic E-state index is 11.8. The van der Waals surface area contributed by atoms with E-state index in [9.17, 15) is 4.79 Å². The molecule has 1 fully saturated rings. The number of rotatable bonds is 7. The average molecular weight is 318 g/mol. The number of hydrogen-bond acceptors (Lipinski definition) is 4. The molecule has 2 N–H and O–H groups in total. The summed E-state index contributed by atoms with van der Waals surface area (Å²) in [6, 6.07) is 0. The van der Waals surface area contributed by atoms with Crippen LogP contribution in [0.1, 0.15) is 38.2 Å². The smallest absolute Gasteiger partial charge is 0.275 e. The van der Waals surface area contributed by atoms with Crippen LogP contribution in [-0.2, 0) is 11.3 Å². The van der Waals surface area contributed by atoms with E-state index in [2.05, 4.69) is 26.8 Å². The van der Waals surface area contributed by atoms with Crippen LogP contribution in [-0.4, -0.2) is 46.2 Å². The molecule has 0 amide bonds. The Kier molecular flexibility index (Phi) is 5.13. The van der Waals surface area contributed by atoms with E-state index in [1.165, 1.54) is 32.0 Å². The number of H-pyrrole nitrogens is 2. The normalized spacial score (nSPS) is 22.2. The van der Waals surface area contributed by atoms with Crippen molar-refractivity contribution in [3.8, 4) is 0 Å². The Bertz CT molecular complexity index is 693. The molecule has 0 bridgehead atoms. The van der Waals surface area contributed by atoms with Crippen molar-refractivity contribution < 1.29 is 4.74 Å². The number of nitrogens with zero attached hydrogens (tertiary/aromatic N) is 2. The molecule has 3 heterocycles. The second kappa shape index (κ2) is 7.27. The van der Waals surface area contributed by atoms with Crippen molar-refractivity contribution in [1.82, 2.24) is 19.9 Å². The van der Waals surface area contributed by atoms with Gasteiger partial charge in [0.15, 0.2) is 0 Å². The third-order valence-corrected chi connectivity index (χ3v) is 4.88. The third-order valence-electron chi connectivity index (χ3n) is 4.88. The molecule has 3 rings (SSSR count). The van der Waals surface area contributed by atoms with Gasteiger partial charge in [0, 0.05) is 38.5 Å². The standard InChI is InChI=1S/C17H26N4O2/c1-3-4-5-6-12-8-21(10-14(12)23-2)9-13-7-18-16-15(13)19-11-20-17(16)22/h7,11-12,14,18H,3-6,8-10H2,1-2H3,(H,19,20,22). The van der Waals surface area contributed by atoms with Crippen molar-refractivity contribution in [2.24, 2.45) is 5.92 Å². The number of hydrogen-bond donors (Lipinski definition) is 2. The average Bonchev–Trinajstić information content (AvgIpc) is 3.13. The second-order valence-corrected chi connectivity index (χ2v) is 6.49. The molecule has 6 nitrogen and oxygen atoms in total. The predicted octanol–water partition coefficient (Wildman–Crippen LogP) is 2.28. The first-order chi connectivity index (χ1) is 11.2. The van der Waals surface area contributed by atoms with E-state index >= 15 is 0 Å². The lowest BCUT2D eigenvalue weighted by Crippen LogP contribution is -2.22. The number of unbranched alkanes of at least 4 members (excludes halogenated alkanes) is 2. The van der Waals surface area contributed by atoms with Gasteiger partial charge in [0.25, 0.3) is 5.56 Å². The molecule has 1 aliphatic heterocycles. The van der Waals surface area contributed by atoms with Crippen LogP contribution in [0, 0.1) is 5.92 Å². The SMILES string of the molecule is CCCCCC1CN(Cc2c[nH]c3c(=O)[nH]cnc23)CC1OC. The zero-order chi connectivity index (χ0) is 16.2. The first-order valence-corrected chi connectivity index (χ1v) is 8.51. The number of aromatic amines is 2. The summed E-state index contributed by atoms with van der Waals surface area (Å²) >= 11 is 0. The quantitative estimate of drug-likeness (QED) is 0.768. The van der Waals surface area contributed by atoms with Gasteiger partial charge in [0.2, 0.25) is 0 Å². The Morgan fingerprint density at radius 3 is 3.00 bits per heavy atom. The monoisotopic (exact) mass is 318 g/mol. The molecule has 1 saturated heterocycles. The zero-order valence-corrected chi connectivity index (χ0v) is 14.0. The van der Waals surface area contributed by atoms with E-state index in [1.807, 2.05) is 13.3 Å². The molecule has 2 aromatic rings. The van der Waals surface area contributed by atoms with E-state index < -0.39 is 0 Å². The Morgan fingerprint density at radius 2 is 2.22 bits per heavy atom. The highest BCUT2D eigenvalue weighted by atomic mass is 16.5. The van der Waals surface area contributed by atoms with E-state index in [4.69, 9.17) is 4.74 Å². The van der Waals surface area contributed by atoms with Gasteiger partial charge in [-0.2, -0.15) is 0 Å². The maximum Gasteiger partial charge on any atom is 0.275 e. The van der Waals surface area contributed by atoms with Crippen LogP contribution >= 0.6 is 0 Å². The van der Waals surface area contributed by atoms with Crippen LogP contribution in [0.25, 0.3) is 11.0 Å². The summed E-state index contributed by atoms with van der Waals surface area (Å²) in [5.41, 5.74) is 2.30. The molecule has 6 heteroatoms. The molecule has 0 saturated carbocycles. The minimum absolute atomic E-state index is 0.116. The zero-order valence-electron chi connectivity index (χ0n) is 14.0. The number of nitrogens with one attached hydrogen (secondary N) is 2. The number of fused-ring (bicyclic) bond motifs is 1. The molecule has 2 aromatic heterocycles. The van der Waals surface area contributed by atoms with Crippen LogP contribution in [0.2, 0.25) is 0 Å². The van der Waals surface area contributed by atoms with Crippen molar-refractivity contribution in [3.63, 3.8) is 0 Å². The van der Waals surface area contributed by atoms with E-state index in [0.29, 0.717) is 17.5 Å². The Morgan fingerprint density at radius 1 is 1.35 bits per heavy atom. The predicted molar refractivity (Wildman–Crippen MR) is 90.4 cm³/mol. The summed E-state index contributed by atoms with van der Waals surface area (Å²) in [4.78, 5) is 24.1. The largest absolute Gasteiger partial charge is 0.380 e. The number of likely N-dealkylation sites (tertiary alicyclic amines) is 1. The summed E-state index contributed by atoms with van der Waals surface area (Å²) in [5, 5.41) is 0. The van der Waals surface area contributed by atoms with Crippen molar-refractivity contribution in [2.45, 2.75) is 45.3 Å². The third kappa shape index (κ3) is 3.48. The summed E-state index contributed by atoms with van der Waals surface area (Å²) in [6.45, 7) is 5.04. The van der Waals surface area contributed by atoms with Crippen LogP contribution in [0.15, 0.2) is 17.3 Å². The van der Waals surface area contributed by atoms with E-state index in [0.717, 1.165) is 30.7 Å². The van der Waals surface area contributed by atoms with Crippen molar-refractivity contribution >= 4 is 11.0 Å². The fraction of sp³-hybridized carbons (Fsp3) is 0.647. The van der Waals surface area contributed by atoms with E-state index in [-0.39, 0.29) is 5.56 Å². The van der Waals surface area contributed by atoms with Crippen LogP contribution in [0.3, 0.4) is 0 Å².